The van der Waals surface area contributed by atoms with Crippen molar-refractivity contribution in [2.75, 3.05) is 0 Å². The summed E-state index contributed by atoms with van der Waals surface area (Å²) in [5, 5.41) is 11.6. The van der Waals surface area contributed by atoms with Crippen LogP contribution in [-0.2, 0) is 0 Å². The van der Waals surface area contributed by atoms with E-state index in [2.05, 4.69) is 36.3 Å². The predicted molar refractivity (Wildman–Crippen MR) is 54.6 cm³/mol. The number of hydrogen-bond donors (Lipinski definition) is 1. The molecule has 0 spiro atoms. The summed E-state index contributed by atoms with van der Waals surface area (Å²) >= 11 is 0. The Morgan fingerprint density at radius 3 is 2.50 bits per heavy atom. The van der Waals surface area contributed by atoms with Crippen LogP contribution in [0.4, 0.5) is 0 Å². The second-order valence-electron chi connectivity index (χ2n) is 3.90. The highest BCUT2D eigenvalue weighted by atomic mass is 15.6. The molecular formula is C9H19N5. The second-order valence-corrected chi connectivity index (χ2v) is 3.90. The molecule has 1 aromatic rings. The molecule has 3 unspecified atom stereocenters. The second kappa shape index (κ2) is 4.50. The molecule has 0 bridgehead atoms. The molecule has 0 fully saturated rings. The van der Waals surface area contributed by atoms with Gasteiger partial charge in [-0.15, -0.1) is 5.10 Å². The maximum absolute atomic E-state index is 5.78. The molecule has 14 heavy (non-hydrogen) atoms. The molecule has 1 rings (SSSR count). The quantitative estimate of drug-likeness (QED) is 0.789. The minimum Gasteiger partial charge on any atom is -0.322 e. The van der Waals surface area contributed by atoms with Crippen molar-refractivity contribution in [2.24, 2.45) is 11.7 Å². The van der Waals surface area contributed by atoms with Gasteiger partial charge in [-0.3, -0.25) is 0 Å². The first kappa shape index (κ1) is 11.1. The van der Waals surface area contributed by atoms with E-state index in [1.807, 2.05) is 11.6 Å². The Bertz CT molecular complexity index is 280. The maximum atomic E-state index is 5.78. The van der Waals surface area contributed by atoms with Gasteiger partial charge in [0.1, 0.15) is 0 Å². The van der Waals surface area contributed by atoms with E-state index in [0.29, 0.717) is 12.0 Å². The fourth-order valence-corrected chi connectivity index (χ4v) is 1.37. The van der Waals surface area contributed by atoms with Crippen molar-refractivity contribution in [1.29, 1.82) is 0 Å². The molecule has 0 saturated heterocycles. The number of nitrogens with zero attached hydrogens (tertiary/aromatic N) is 4. The summed E-state index contributed by atoms with van der Waals surface area (Å²) in [4.78, 5) is 0. The molecule has 3 atom stereocenters. The highest BCUT2D eigenvalue weighted by molar-refractivity contribution is 4.90. The lowest BCUT2D eigenvalue weighted by Gasteiger charge is -2.20. The molecule has 5 heteroatoms. The van der Waals surface area contributed by atoms with Gasteiger partial charge in [-0.05, 0) is 30.2 Å². The van der Waals surface area contributed by atoms with Crippen LogP contribution in [0.5, 0.6) is 0 Å². The van der Waals surface area contributed by atoms with Gasteiger partial charge in [0, 0.05) is 0 Å². The smallest absolute Gasteiger partial charge is 0.167 e. The molecule has 0 aromatic carbocycles. The molecule has 1 aromatic heterocycles. The summed E-state index contributed by atoms with van der Waals surface area (Å²) in [6.45, 7) is 8.37. The average molecular weight is 197 g/mol. The molecule has 0 amide bonds. The van der Waals surface area contributed by atoms with E-state index >= 15 is 0 Å². The fraction of sp³-hybridized carbons (Fsp3) is 0.889. The molecule has 5 nitrogen and oxygen atoms in total. The van der Waals surface area contributed by atoms with Gasteiger partial charge >= 0.3 is 0 Å². The Morgan fingerprint density at radius 1 is 1.36 bits per heavy atom. The van der Waals surface area contributed by atoms with Crippen molar-refractivity contribution in [2.45, 2.75) is 46.2 Å². The van der Waals surface area contributed by atoms with Crippen LogP contribution in [0.2, 0.25) is 0 Å². The molecule has 80 valence electrons. The highest BCUT2D eigenvalue weighted by Crippen LogP contribution is 2.21. The number of hydrogen-bond acceptors (Lipinski definition) is 4. The first-order valence-corrected chi connectivity index (χ1v) is 5.11. The zero-order valence-electron chi connectivity index (χ0n) is 9.31. The standard InChI is InChI=1S/C9H19N5/c1-5-6(2)8(4)14-9(7(3)10)11-12-13-14/h6-8H,5,10H2,1-4H3. The van der Waals surface area contributed by atoms with E-state index in [9.17, 15) is 0 Å². The maximum Gasteiger partial charge on any atom is 0.167 e. The fourth-order valence-electron chi connectivity index (χ4n) is 1.37. The van der Waals surface area contributed by atoms with Crippen molar-refractivity contribution < 1.29 is 0 Å². The van der Waals surface area contributed by atoms with Crippen LogP contribution in [0.1, 0.15) is 52.0 Å². The predicted octanol–water partition coefficient (Wildman–Crippen LogP) is 1.30. The summed E-state index contributed by atoms with van der Waals surface area (Å²) < 4.78 is 1.83. The Labute approximate surface area is 84.7 Å². The van der Waals surface area contributed by atoms with Crippen LogP contribution in [0.15, 0.2) is 0 Å². The summed E-state index contributed by atoms with van der Waals surface area (Å²) in [5.41, 5.74) is 5.78. The third-order valence-corrected chi connectivity index (χ3v) is 2.78. The minimum absolute atomic E-state index is 0.114. The van der Waals surface area contributed by atoms with Gasteiger partial charge in [0.2, 0.25) is 0 Å². The van der Waals surface area contributed by atoms with Gasteiger partial charge in [-0.2, -0.15) is 0 Å². The summed E-state index contributed by atoms with van der Waals surface area (Å²) in [6, 6.07) is 0.188. The summed E-state index contributed by atoms with van der Waals surface area (Å²) in [5.74, 6) is 1.31. The minimum atomic E-state index is -0.114. The van der Waals surface area contributed by atoms with Gasteiger partial charge in [0.15, 0.2) is 5.82 Å². The third-order valence-electron chi connectivity index (χ3n) is 2.78. The Kier molecular flexibility index (Phi) is 3.57. The van der Waals surface area contributed by atoms with Crippen LogP contribution in [0.3, 0.4) is 0 Å². The first-order valence-electron chi connectivity index (χ1n) is 5.11. The van der Waals surface area contributed by atoms with Crippen molar-refractivity contribution >= 4 is 0 Å². The first-order chi connectivity index (χ1) is 6.57. The molecule has 0 radical (unpaired) electrons. The van der Waals surface area contributed by atoms with Crippen LogP contribution in [0, 0.1) is 5.92 Å². The normalized spacial score (nSPS) is 17.8. The van der Waals surface area contributed by atoms with E-state index in [-0.39, 0.29) is 6.04 Å². The van der Waals surface area contributed by atoms with Crippen molar-refractivity contribution in [3.63, 3.8) is 0 Å². The van der Waals surface area contributed by atoms with Gasteiger partial charge in [0.05, 0.1) is 12.1 Å². The van der Waals surface area contributed by atoms with Gasteiger partial charge in [0.25, 0.3) is 0 Å². The number of rotatable bonds is 4. The molecule has 1 heterocycles. The Morgan fingerprint density at radius 2 is 2.00 bits per heavy atom. The largest absolute Gasteiger partial charge is 0.322 e. The third kappa shape index (κ3) is 2.09. The molecule has 0 aliphatic carbocycles. The van der Waals surface area contributed by atoms with Crippen molar-refractivity contribution in [3.05, 3.63) is 5.82 Å². The summed E-state index contributed by atoms with van der Waals surface area (Å²) in [7, 11) is 0. The lowest BCUT2D eigenvalue weighted by Crippen LogP contribution is -2.21. The van der Waals surface area contributed by atoms with E-state index in [0.717, 1.165) is 12.2 Å². The number of nitrogens with two attached hydrogens (primary N) is 1. The molecule has 2 N–H and O–H groups in total. The zero-order valence-corrected chi connectivity index (χ0v) is 9.31. The van der Waals surface area contributed by atoms with Crippen LogP contribution < -0.4 is 5.73 Å². The molecule has 0 aliphatic heterocycles. The number of aromatic nitrogens is 4. The van der Waals surface area contributed by atoms with Gasteiger partial charge in [-0.25, -0.2) is 4.68 Å². The van der Waals surface area contributed by atoms with Crippen LogP contribution in [0.25, 0.3) is 0 Å². The molecule has 0 aliphatic rings. The lowest BCUT2D eigenvalue weighted by molar-refractivity contribution is 0.325. The average Bonchev–Trinajstić information content (AvgIpc) is 2.63. The van der Waals surface area contributed by atoms with E-state index < -0.39 is 0 Å². The van der Waals surface area contributed by atoms with Crippen molar-refractivity contribution in [3.8, 4) is 0 Å². The Hall–Kier alpha value is -0.970. The Balaban J connectivity index is 2.89. The monoisotopic (exact) mass is 197 g/mol. The highest BCUT2D eigenvalue weighted by Gasteiger charge is 2.19. The van der Waals surface area contributed by atoms with E-state index in [1.54, 1.807) is 0 Å². The van der Waals surface area contributed by atoms with Crippen LogP contribution in [-0.4, -0.2) is 20.2 Å². The molecule has 0 saturated carbocycles. The van der Waals surface area contributed by atoms with Crippen molar-refractivity contribution in [1.82, 2.24) is 20.2 Å². The zero-order chi connectivity index (χ0) is 10.7. The number of tetrazole rings is 1. The van der Waals surface area contributed by atoms with E-state index in [1.165, 1.54) is 0 Å². The topological polar surface area (TPSA) is 69.6 Å². The van der Waals surface area contributed by atoms with E-state index in [4.69, 9.17) is 5.73 Å². The van der Waals surface area contributed by atoms with Gasteiger partial charge < -0.3 is 5.73 Å². The molecular weight excluding hydrogens is 178 g/mol. The van der Waals surface area contributed by atoms with Crippen LogP contribution >= 0.6 is 0 Å². The SMILES string of the molecule is CCC(C)C(C)n1nnnc1C(C)N. The van der Waals surface area contributed by atoms with Gasteiger partial charge in [-0.1, -0.05) is 20.3 Å². The lowest BCUT2D eigenvalue weighted by atomic mass is 10.0. The summed E-state index contributed by atoms with van der Waals surface area (Å²) in [6.07, 6.45) is 1.11.